The standard InChI is InChI=1S/C54H68ClN11O5S2/c1-30-26-63(45(69)25-42-50-61-60-35(6)66(50)53-46(31(2)34(5)73-53)47(58-42)37-14-16-39(55)17-15-37)22-23-64(30)40-18-20-62(21-19-40)28-44(68)59-49(54(7,8)9)52(71)65-27-41(67)24-43(65)51(70)57-32(3)36-10-12-38(13-11-36)48-33(4)56-29-72-48/h10-17,29-30,32,40-43,49,67H,18-28H2,1-9H3,(H,57,70)(H,59,68)/t30?,32-,41+,42-,43-,49+/m0/s1. The molecule has 3 fully saturated rings. The van der Waals surface area contributed by atoms with Crippen molar-refractivity contribution in [2.45, 2.75) is 130 Å². The molecule has 3 aromatic heterocycles. The zero-order valence-electron chi connectivity index (χ0n) is 43.3. The number of piperidine rings is 1. The van der Waals surface area contributed by atoms with E-state index in [9.17, 15) is 24.3 Å². The Morgan fingerprint density at radius 1 is 0.904 bits per heavy atom. The van der Waals surface area contributed by atoms with Crippen molar-refractivity contribution in [3.63, 3.8) is 0 Å². The zero-order chi connectivity index (χ0) is 52.0. The summed E-state index contributed by atoms with van der Waals surface area (Å²) in [5.74, 6) is 0.459. The molecule has 0 spiro atoms. The number of aliphatic hydroxyl groups excluding tert-OH is 1. The van der Waals surface area contributed by atoms with Crippen molar-refractivity contribution in [3.05, 3.63) is 104 Å². The number of aliphatic imine (C=N–C) groups is 1. The number of benzene rings is 2. The van der Waals surface area contributed by atoms with Crippen LogP contribution in [-0.2, 0) is 19.2 Å². The summed E-state index contributed by atoms with van der Waals surface area (Å²) in [7, 11) is 0. The molecule has 0 aliphatic carbocycles. The molecule has 0 saturated carbocycles. The molecule has 1 unspecified atom stereocenters. The molecule has 6 atom stereocenters. The van der Waals surface area contributed by atoms with Crippen LogP contribution in [0.4, 0.5) is 0 Å². The van der Waals surface area contributed by atoms with Crippen molar-refractivity contribution in [3.8, 4) is 15.4 Å². The second kappa shape index (κ2) is 21.5. The molecule has 73 heavy (non-hydrogen) atoms. The number of piperazine rings is 1. The van der Waals surface area contributed by atoms with E-state index < -0.39 is 29.6 Å². The summed E-state index contributed by atoms with van der Waals surface area (Å²) in [6.45, 7) is 21.4. The molecule has 5 aromatic rings. The Labute approximate surface area is 441 Å². The average Bonchev–Trinajstić information content (AvgIpc) is 4.13. The zero-order valence-corrected chi connectivity index (χ0v) is 45.7. The molecule has 4 aliphatic heterocycles. The molecule has 4 aliphatic rings. The predicted octanol–water partition coefficient (Wildman–Crippen LogP) is 6.99. The fraction of sp³-hybridized carbons (Fsp3) is 0.519. The highest BCUT2D eigenvalue weighted by atomic mass is 35.5. The van der Waals surface area contributed by atoms with Gasteiger partial charge in [0.15, 0.2) is 5.82 Å². The van der Waals surface area contributed by atoms with Gasteiger partial charge in [-0.25, -0.2) is 4.98 Å². The van der Waals surface area contributed by atoms with Crippen LogP contribution in [0.3, 0.4) is 0 Å². The summed E-state index contributed by atoms with van der Waals surface area (Å²) in [5, 5.41) is 27.6. The van der Waals surface area contributed by atoms with Crippen LogP contribution in [-0.4, -0.2) is 150 Å². The molecule has 7 heterocycles. The summed E-state index contributed by atoms with van der Waals surface area (Å²) in [4.78, 5) is 76.3. The quantitative estimate of drug-likeness (QED) is 0.118. The van der Waals surface area contributed by atoms with Crippen LogP contribution in [0.5, 0.6) is 0 Å². The number of thiazole rings is 1. The van der Waals surface area contributed by atoms with Crippen molar-refractivity contribution in [1.29, 1.82) is 0 Å². The summed E-state index contributed by atoms with van der Waals surface area (Å²) in [6, 6.07) is 13.5. The molecule has 0 radical (unpaired) electrons. The third-order valence-corrected chi connectivity index (χ3v) is 17.6. The lowest BCUT2D eigenvalue weighted by Crippen LogP contribution is -2.60. The van der Waals surface area contributed by atoms with E-state index in [1.807, 2.05) is 100 Å². The van der Waals surface area contributed by atoms with Gasteiger partial charge in [-0.15, -0.1) is 32.9 Å². The first kappa shape index (κ1) is 52.5. The number of rotatable bonds is 12. The highest BCUT2D eigenvalue weighted by Crippen LogP contribution is 2.40. The van der Waals surface area contributed by atoms with Crippen molar-refractivity contribution in [2.24, 2.45) is 10.4 Å². The Balaban J connectivity index is 0.778. The van der Waals surface area contributed by atoms with E-state index in [2.05, 4.69) is 61.0 Å². The maximum absolute atomic E-state index is 14.4. The monoisotopic (exact) mass is 1050 g/mol. The number of aryl methyl sites for hydroxylation is 3. The van der Waals surface area contributed by atoms with E-state index >= 15 is 0 Å². The number of thiophene rings is 1. The summed E-state index contributed by atoms with van der Waals surface area (Å²) in [6.07, 6.45) is 1.14. The number of likely N-dealkylation sites (tertiary alicyclic amines) is 2. The van der Waals surface area contributed by atoms with Gasteiger partial charge in [-0.2, -0.15) is 0 Å². The number of carbonyl (C=O) groups is 4. The lowest BCUT2D eigenvalue weighted by molar-refractivity contribution is -0.144. The first-order valence-corrected chi connectivity index (χ1v) is 27.5. The first-order valence-electron chi connectivity index (χ1n) is 25.5. The van der Waals surface area contributed by atoms with Gasteiger partial charge < -0.3 is 25.5 Å². The molecule has 16 nitrogen and oxygen atoms in total. The number of carbonyl (C=O) groups excluding carboxylic acids is 4. The van der Waals surface area contributed by atoms with Gasteiger partial charge >= 0.3 is 0 Å². The number of fused-ring (bicyclic) bond motifs is 3. The SMILES string of the molecule is Cc1ncsc1-c1ccc([C@H](C)NC(=O)[C@@H]2C[C@@H](O)CN2C(=O)[C@@H](NC(=O)CN2CCC(N3CCN(C(=O)C[C@@H]4N=C(c5ccc(Cl)cc5)c5c(sc(C)c5C)-n5c(C)nnc54)CC3C)CC2)C(C)(C)C)cc1. The topological polar surface area (TPSA) is 181 Å². The van der Waals surface area contributed by atoms with E-state index in [1.165, 1.54) is 9.78 Å². The maximum Gasteiger partial charge on any atom is 0.246 e. The lowest BCUT2D eigenvalue weighted by Gasteiger charge is -2.46. The molecule has 2 aromatic carbocycles. The third-order valence-electron chi connectivity index (χ3n) is 15.2. The Morgan fingerprint density at radius 2 is 1.60 bits per heavy atom. The van der Waals surface area contributed by atoms with E-state index in [0.29, 0.717) is 43.1 Å². The number of aliphatic hydroxyl groups is 1. The van der Waals surface area contributed by atoms with Crippen LogP contribution < -0.4 is 10.6 Å². The van der Waals surface area contributed by atoms with Crippen LogP contribution in [0, 0.1) is 33.1 Å². The van der Waals surface area contributed by atoms with Gasteiger partial charge in [-0.05, 0) is 88.6 Å². The molecule has 3 N–H and O–H groups in total. The van der Waals surface area contributed by atoms with E-state index in [0.717, 1.165) is 74.3 Å². The number of halogens is 1. The average molecular weight is 1050 g/mol. The normalized spacial score (nSPS) is 21.8. The number of hydrogen-bond acceptors (Lipinski definition) is 13. The number of hydrogen-bond donors (Lipinski definition) is 3. The van der Waals surface area contributed by atoms with Gasteiger partial charge in [0, 0.05) is 78.8 Å². The van der Waals surface area contributed by atoms with Gasteiger partial charge in [0.2, 0.25) is 23.6 Å². The Kier molecular flexibility index (Phi) is 15.4. The molecule has 19 heteroatoms. The second-order valence-electron chi connectivity index (χ2n) is 21.4. The van der Waals surface area contributed by atoms with Gasteiger partial charge in [-0.1, -0.05) is 68.8 Å². The maximum atomic E-state index is 14.4. The van der Waals surface area contributed by atoms with Gasteiger partial charge in [0.1, 0.15) is 29.0 Å². The fourth-order valence-corrected chi connectivity index (χ4v) is 13.2. The highest BCUT2D eigenvalue weighted by Gasteiger charge is 2.45. The minimum Gasteiger partial charge on any atom is -0.391 e. The van der Waals surface area contributed by atoms with Crippen LogP contribution in [0.1, 0.15) is 117 Å². The number of aromatic nitrogens is 4. The molecular formula is C54H68ClN11O5S2. The van der Waals surface area contributed by atoms with Crippen LogP contribution in [0.25, 0.3) is 15.4 Å². The fourth-order valence-electron chi connectivity index (χ4n) is 11.0. The van der Waals surface area contributed by atoms with Crippen molar-refractivity contribution < 1.29 is 24.3 Å². The molecule has 4 amide bonds. The van der Waals surface area contributed by atoms with Crippen LogP contribution in [0.15, 0.2) is 59.0 Å². The summed E-state index contributed by atoms with van der Waals surface area (Å²) < 4.78 is 2.08. The lowest BCUT2D eigenvalue weighted by atomic mass is 9.85. The predicted molar refractivity (Wildman–Crippen MR) is 286 cm³/mol. The summed E-state index contributed by atoms with van der Waals surface area (Å²) in [5.41, 5.74) is 8.02. The van der Waals surface area contributed by atoms with Crippen LogP contribution in [0.2, 0.25) is 5.02 Å². The molecule has 388 valence electrons. The second-order valence-corrected chi connectivity index (χ2v) is 23.9. The van der Waals surface area contributed by atoms with Gasteiger partial charge in [0.25, 0.3) is 0 Å². The molecule has 3 saturated heterocycles. The molecule has 9 rings (SSSR count). The van der Waals surface area contributed by atoms with Crippen molar-refractivity contribution in [1.82, 2.24) is 50.0 Å². The Hall–Kier alpha value is -5.37. The van der Waals surface area contributed by atoms with E-state index in [-0.39, 0.29) is 61.6 Å². The Bertz CT molecular complexity index is 2880. The van der Waals surface area contributed by atoms with E-state index in [1.54, 1.807) is 22.7 Å². The Morgan fingerprint density at radius 3 is 2.26 bits per heavy atom. The third kappa shape index (κ3) is 11.1. The smallest absolute Gasteiger partial charge is 0.246 e. The minimum absolute atomic E-state index is 0.00569. The highest BCUT2D eigenvalue weighted by molar-refractivity contribution is 7.15. The summed E-state index contributed by atoms with van der Waals surface area (Å²) >= 11 is 9.59. The van der Waals surface area contributed by atoms with Gasteiger partial charge in [-0.3, -0.25) is 38.5 Å². The van der Waals surface area contributed by atoms with E-state index in [4.69, 9.17) is 16.6 Å². The number of amides is 4. The number of β-amino-alcohol motifs (C(OH)–C–C–N with tert-alkyl or cyclic N) is 1. The number of nitrogens with one attached hydrogen (secondary N) is 2. The van der Waals surface area contributed by atoms with Crippen LogP contribution >= 0.6 is 34.3 Å². The number of nitrogens with zero attached hydrogens (tertiary/aromatic N) is 9. The molecule has 0 bridgehead atoms. The van der Waals surface area contributed by atoms with Gasteiger partial charge in [0.05, 0.1) is 46.9 Å². The molecular weight excluding hydrogens is 982 g/mol. The van der Waals surface area contributed by atoms with Crippen molar-refractivity contribution in [2.75, 3.05) is 45.8 Å². The van der Waals surface area contributed by atoms with Crippen molar-refractivity contribution >= 4 is 63.6 Å². The minimum atomic E-state index is -0.914. The largest absolute Gasteiger partial charge is 0.391 e. The first-order chi connectivity index (χ1) is 34.7.